The smallest absolute Gasteiger partial charge is 0.0274 e. The Morgan fingerprint density at radius 3 is 1.20 bits per heavy atom. The second-order valence-corrected chi connectivity index (χ2v) is 6.68. The number of rotatable bonds is 2. The van der Waals surface area contributed by atoms with Crippen molar-refractivity contribution in [1.29, 1.82) is 0 Å². The van der Waals surface area contributed by atoms with E-state index in [9.17, 15) is 0 Å². The molecule has 0 heterocycles. The van der Waals surface area contributed by atoms with E-state index in [4.69, 9.17) is 0 Å². The van der Waals surface area contributed by atoms with Gasteiger partial charge in [0.15, 0.2) is 0 Å². The van der Waals surface area contributed by atoms with Crippen molar-refractivity contribution in [2.45, 2.75) is 33.5 Å². The predicted molar refractivity (Wildman–Crippen MR) is 53.6 cm³/mol. The van der Waals surface area contributed by atoms with E-state index in [1.807, 2.05) is 0 Å². The average molecular weight is 161 g/mol. The molecule has 0 aromatic carbocycles. The van der Waals surface area contributed by atoms with Crippen LogP contribution in [0.15, 0.2) is 0 Å². The van der Waals surface area contributed by atoms with Gasteiger partial charge in [0.1, 0.15) is 0 Å². The quantitative estimate of drug-likeness (QED) is 0.560. The van der Waals surface area contributed by atoms with E-state index in [1.54, 1.807) is 0 Å². The van der Waals surface area contributed by atoms with Crippen molar-refractivity contribution >= 4 is 8.80 Å². The molecular formula is C8H23NSi. The molecule has 0 bridgehead atoms. The molecule has 0 N–H and O–H groups in total. The summed E-state index contributed by atoms with van der Waals surface area (Å²) in [6, 6.07) is 0. The largest absolute Gasteiger partial charge is 0.307 e. The van der Waals surface area contributed by atoms with Gasteiger partial charge in [0.05, 0.1) is 0 Å². The summed E-state index contributed by atoms with van der Waals surface area (Å²) >= 11 is 0. The van der Waals surface area contributed by atoms with Crippen molar-refractivity contribution in [2.24, 2.45) is 0 Å². The molecule has 0 aliphatic heterocycles. The van der Waals surface area contributed by atoms with Crippen LogP contribution in [0.1, 0.15) is 13.8 Å². The molecule has 64 valence electrons. The first-order valence-corrected chi connectivity index (χ1v) is 7.69. The third-order valence-electron chi connectivity index (χ3n) is 1.08. The van der Waals surface area contributed by atoms with Crippen LogP contribution in [0.3, 0.4) is 0 Å². The van der Waals surface area contributed by atoms with Crippen molar-refractivity contribution in [3.05, 3.63) is 0 Å². The normalized spacial score (nSPS) is 9.60. The van der Waals surface area contributed by atoms with Gasteiger partial charge in [-0.25, -0.2) is 0 Å². The summed E-state index contributed by atoms with van der Waals surface area (Å²) in [6.45, 7) is 13.6. The second kappa shape index (κ2) is 9.18. The monoisotopic (exact) mass is 161 g/mol. The van der Waals surface area contributed by atoms with E-state index in [0.717, 1.165) is 13.1 Å². The summed E-state index contributed by atoms with van der Waals surface area (Å²) in [5, 5.41) is 0. The molecule has 1 nitrogen and oxygen atoms in total. The summed E-state index contributed by atoms with van der Waals surface area (Å²) in [5.74, 6) is 0. The standard InChI is InChI=1S/C5H13N.C3H10Si/c1-4-6(3)5-2;1-4(2)3/h4-5H2,1-3H3;4H,1-3H3. The van der Waals surface area contributed by atoms with Gasteiger partial charge >= 0.3 is 0 Å². The van der Waals surface area contributed by atoms with Crippen LogP contribution in [0.25, 0.3) is 0 Å². The predicted octanol–water partition coefficient (Wildman–Crippen LogP) is 2.06. The maximum absolute atomic E-state index is 2.31. The average Bonchev–Trinajstić information content (AvgIpc) is 1.85. The second-order valence-electron chi connectivity index (χ2n) is 3.22. The molecule has 10 heavy (non-hydrogen) atoms. The summed E-state index contributed by atoms with van der Waals surface area (Å²) in [5.41, 5.74) is 0. The third-order valence-corrected chi connectivity index (χ3v) is 1.08. The zero-order valence-corrected chi connectivity index (χ0v) is 9.59. The fraction of sp³-hybridized carbons (Fsp3) is 1.00. The highest BCUT2D eigenvalue weighted by atomic mass is 28.3. The Morgan fingerprint density at radius 1 is 1.00 bits per heavy atom. The Balaban J connectivity index is 0. The Hall–Kier alpha value is 0.177. The van der Waals surface area contributed by atoms with E-state index in [1.165, 1.54) is 0 Å². The summed E-state index contributed by atoms with van der Waals surface area (Å²) in [7, 11) is 1.97. The highest BCUT2D eigenvalue weighted by Gasteiger charge is 1.81. The van der Waals surface area contributed by atoms with Crippen LogP contribution in [0, 0.1) is 0 Å². The van der Waals surface area contributed by atoms with E-state index >= 15 is 0 Å². The van der Waals surface area contributed by atoms with Gasteiger partial charge < -0.3 is 4.90 Å². The van der Waals surface area contributed by atoms with Crippen LogP contribution in [-0.4, -0.2) is 33.8 Å². The van der Waals surface area contributed by atoms with Gasteiger partial charge in [-0.1, -0.05) is 33.5 Å². The lowest BCUT2D eigenvalue weighted by atomic mass is 10.6. The summed E-state index contributed by atoms with van der Waals surface area (Å²) < 4.78 is 0. The van der Waals surface area contributed by atoms with Gasteiger partial charge in [0.25, 0.3) is 0 Å². The van der Waals surface area contributed by atoms with Crippen LogP contribution in [0.4, 0.5) is 0 Å². The highest BCUT2D eigenvalue weighted by Crippen LogP contribution is 1.73. The molecule has 0 atom stereocenters. The molecule has 0 saturated carbocycles. The maximum atomic E-state index is 2.31. The molecule has 0 aromatic rings. The van der Waals surface area contributed by atoms with Crippen LogP contribution >= 0.6 is 0 Å². The van der Waals surface area contributed by atoms with Crippen molar-refractivity contribution in [3.8, 4) is 0 Å². The molecule has 2 heteroatoms. The van der Waals surface area contributed by atoms with Crippen molar-refractivity contribution in [1.82, 2.24) is 4.90 Å². The first-order valence-electron chi connectivity index (χ1n) is 4.23. The lowest BCUT2D eigenvalue weighted by Gasteiger charge is -2.07. The van der Waals surface area contributed by atoms with Crippen molar-refractivity contribution in [2.75, 3.05) is 20.1 Å². The molecule has 0 aliphatic carbocycles. The lowest BCUT2D eigenvalue weighted by molar-refractivity contribution is 0.373. The Morgan fingerprint density at radius 2 is 1.20 bits per heavy atom. The van der Waals surface area contributed by atoms with Gasteiger partial charge in [-0.05, 0) is 20.1 Å². The third kappa shape index (κ3) is 24.1. The molecule has 0 radical (unpaired) electrons. The van der Waals surface area contributed by atoms with Crippen LogP contribution in [0.2, 0.25) is 19.6 Å². The topological polar surface area (TPSA) is 3.24 Å². The fourth-order valence-corrected chi connectivity index (χ4v) is 0.224. The maximum Gasteiger partial charge on any atom is 0.0274 e. The minimum atomic E-state index is -0.139. The Labute approximate surface area is 68.0 Å². The van der Waals surface area contributed by atoms with Crippen molar-refractivity contribution in [3.63, 3.8) is 0 Å². The number of hydrogen-bond acceptors (Lipinski definition) is 1. The van der Waals surface area contributed by atoms with Gasteiger partial charge in [-0.15, -0.1) is 0 Å². The number of nitrogens with zero attached hydrogens (tertiary/aromatic N) is 1. The molecule has 0 fully saturated rings. The molecule has 0 aliphatic rings. The Kier molecular flexibility index (Phi) is 11.8. The zero-order valence-electron chi connectivity index (χ0n) is 8.44. The molecule has 0 rings (SSSR count). The lowest BCUT2D eigenvalue weighted by Crippen LogP contribution is -2.15. The van der Waals surface area contributed by atoms with Gasteiger partial charge in [0.2, 0.25) is 0 Å². The Bertz CT molecular complexity index is 48.5. The molecule has 0 aromatic heterocycles. The van der Waals surface area contributed by atoms with Gasteiger partial charge in [-0.3, -0.25) is 0 Å². The van der Waals surface area contributed by atoms with E-state index in [0.29, 0.717) is 0 Å². The van der Waals surface area contributed by atoms with E-state index in [-0.39, 0.29) is 8.80 Å². The minimum absolute atomic E-state index is 0.139. The SMILES string of the molecule is CCN(C)CC.C[SiH](C)C. The first kappa shape index (κ1) is 12.8. The molecule has 0 spiro atoms. The first-order chi connectivity index (χ1) is 4.54. The zero-order chi connectivity index (χ0) is 8.57. The molecule has 0 saturated heterocycles. The van der Waals surface area contributed by atoms with Crippen LogP contribution < -0.4 is 0 Å². The van der Waals surface area contributed by atoms with E-state index < -0.39 is 0 Å². The molecule has 0 unspecified atom stereocenters. The van der Waals surface area contributed by atoms with Gasteiger partial charge in [0, 0.05) is 8.80 Å². The number of hydrogen-bond donors (Lipinski definition) is 0. The minimum Gasteiger partial charge on any atom is -0.307 e. The summed E-state index contributed by atoms with van der Waals surface area (Å²) in [6.07, 6.45) is 0. The molecule has 0 amide bonds. The molecular weight excluding hydrogens is 138 g/mol. The fourth-order valence-electron chi connectivity index (χ4n) is 0.224. The summed E-state index contributed by atoms with van der Waals surface area (Å²) in [4.78, 5) is 2.25. The highest BCUT2D eigenvalue weighted by molar-refractivity contribution is 6.54. The van der Waals surface area contributed by atoms with Crippen LogP contribution in [-0.2, 0) is 0 Å². The van der Waals surface area contributed by atoms with Gasteiger partial charge in [-0.2, -0.15) is 0 Å². The van der Waals surface area contributed by atoms with E-state index in [2.05, 4.69) is 45.4 Å². The van der Waals surface area contributed by atoms with Crippen LogP contribution in [0.5, 0.6) is 0 Å². The van der Waals surface area contributed by atoms with Crippen molar-refractivity contribution < 1.29 is 0 Å².